The van der Waals surface area contributed by atoms with Crippen molar-refractivity contribution in [1.29, 1.82) is 0 Å². The Hall–Kier alpha value is -0.243. The van der Waals surface area contributed by atoms with Crippen LogP contribution in [0.3, 0.4) is 0 Å². The van der Waals surface area contributed by atoms with Gasteiger partial charge in [0.1, 0.15) is 8.24 Å². The lowest BCUT2D eigenvalue weighted by Gasteiger charge is -2.28. The first-order valence-corrected chi connectivity index (χ1v) is 9.15. The molecular formula is C12H25NSi. The van der Waals surface area contributed by atoms with E-state index in [9.17, 15) is 0 Å². The fourth-order valence-electron chi connectivity index (χ4n) is 2.40. The summed E-state index contributed by atoms with van der Waals surface area (Å²) in [5.41, 5.74) is 0. The minimum atomic E-state index is -1.05. The Morgan fingerprint density at radius 1 is 1.43 bits per heavy atom. The number of unbranched alkanes of at least 4 members (excludes halogenated alkanes) is 2. The molecule has 0 saturated carbocycles. The van der Waals surface area contributed by atoms with Gasteiger partial charge in [-0.3, -0.25) is 0 Å². The third-order valence-corrected chi connectivity index (χ3v) is 6.73. The summed E-state index contributed by atoms with van der Waals surface area (Å²) in [4.78, 5) is 0. The second-order valence-corrected chi connectivity index (χ2v) is 9.91. The van der Waals surface area contributed by atoms with Gasteiger partial charge < -0.3 is 4.57 Å². The van der Waals surface area contributed by atoms with Gasteiger partial charge in [-0.2, -0.15) is 0 Å². The van der Waals surface area contributed by atoms with Crippen molar-refractivity contribution in [3.8, 4) is 0 Å². The topological polar surface area (TPSA) is 3.24 Å². The first kappa shape index (κ1) is 11.8. The predicted molar refractivity (Wildman–Crippen MR) is 66.8 cm³/mol. The molecule has 1 aliphatic rings. The Kier molecular flexibility index (Phi) is 4.23. The monoisotopic (exact) mass is 211 g/mol. The molecule has 14 heavy (non-hydrogen) atoms. The number of rotatable bonds is 4. The van der Waals surface area contributed by atoms with Crippen LogP contribution < -0.4 is 0 Å². The van der Waals surface area contributed by atoms with Crippen LogP contribution in [0.1, 0.15) is 33.1 Å². The summed E-state index contributed by atoms with van der Waals surface area (Å²) >= 11 is 0. The molecular weight excluding hydrogens is 186 g/mol. The van der Waals surface area contributed by atoms with Crippen LogP contribution in [0.25, 0.3) is 0 Å². The van der Waals surface area contributed by atoms with E-state index in [0.29, 0.717) is 0 Å². The summed E-state index contributed by atoms with van der Waals surface area (Å²) in [6.45, 7) is 10.9. The predicted octanol–water partition coefficient (Wildman–Crippen LogP) is 3.85. The lowest BCUT2D eigenvalue weighted by Crippen LogP contribution is -2.38. The zero-order valence-corrected chi connectivity index (χ0v) is 11.2. The van der Waals surface area contributed by atoms with E-state index in [1.807, 2.05) is 0 Å². The van der Waals surface area contributed by atoms with Crippen molar-refractivity contribution in [3.63, 3.8) is 0 Å². The molecule has 1 fully saturated rings. The maximum Gasteiger partial charge on any atom is 0.150 e. The van der Waals surface area contributed by atoms with Crippen molar-refractivity contribution in [2.45, 2.75) is 52.2 Å². The van der Waals surface area contributed by atoms with Crippen LogP contribution in [0, 0.1) is 5.92 Å². The summed E-state index contributed by atoms with van der Waals surface area (Å²) in [5, 5.41) is 0. The van der Waals surface area contributed by atoms with Gasteiger partial charge in [0.15, 0.2) is 0 Å². The van der Waals surface area contributed by atoms with Crippen molar-refractivity contribution in [2.75, 3.05) is 6.54 Å². The number of hydrogen-bond donors (Lipinski definition) is 0. The molecule has 0 aromatic rings. The normalized spacial score (nSPS) is 26.3. The highest BCUT2D eigenvalue weighted by Gasteiger charge is 2.36. The van der Waals surface area contributed by atoms with Crippen LogP contribution in [0.2, 0.25) is 19.1 Å². The fourth-order valence-corrected chi connectivity index (χ4v) is 5.79. The second-order valence-electron chi connectivity index (χ2n) is 5.30. The molecule has 0 spiro atoms. The molecule has 0 aromatic heterocycles. The van der Waals surface area contributed by atoms with Gasteiger partial charge in [0, 0.05) is 6.54 Å². The zero-order chi connectivity index (χ0) is 10.6. The Balaban J connectivity index is 2.40. The minimum absolute atomic E-state index is 0.910. The molecule has 1 rings (SSSR count). The number of nitrogens with zero attached hydrogens (tertiary/aromatic N) is 1. The Bertz CT molecular complexity index is 198. The van der Waals surface area contributed by atoms with Crippen LogP contribution in [-0.2, 0) is 0 Å². The maximum absolute atomic E-state index is 2.65. The Morgan fingerprint density at radius 2 is 2.14 bits per heavy atom. The largest absolute Gasteiger partial charge is 0.403 e. The van der Waals surface area contributed by atoms with E-state index in [4.69, 9.17) is 0 Å². The molecule has 1 saturated heterocycles. The fraction of sp³-hybridized carbons (Fsp3) is 0.833. The lowest BCUT2D eigenvalue weighted by molar-refractivity contribution is 0.524. The van der Waals surface area contributed by atoms with Crippen molar-refractivity contribution in [3.05, 3.63) is 12.3 Å². The van der Waals surface area contributed by atoms with Crippen molar-refractivity contribution < 1.29 is 0 Å². The molecule has 2 heteroatoms. The Labute approximate surface area is 90.3 Å². The summed E-state index contributed by atoms with van der Waals surface area (Å²) < 4.78 is 2.65. The molecule has 0 aliphatic carbocycles. The van der Waals surface area contributed by atoms with Crippen LogP contribution in [0.15, 0.2) is 12.3 Å². The number of hydrogen-bond acceptors (Lipinski definition) is 1. The van der Waals surface area contributed by atoms with Crippen LogP contribution >= 0.6 is 0 Å². The molecule has 1 unspecified atom stereocenters. The number of allylic oxidation sites excluding steroid dienone is 1. The van der Waals surface area contributed by atoms with Crippen LogP contribution in [0.4, 0.5) is 0 Å². The van der Waals surface area contributed by atoms with Gasteiger partial charge in [-0.15, -0.1) is 0 Å². The molecule has 0 N–H and O–H groups in total. The molecule has 0 amide bonds. The quantitative estimate of drug-likeness (QED) is 0.504. The smallest absolute Gasteiger partial charge is 0.150 e. The molecule has 1 atom stereocenters. The van der Waals surface area contributed by atoms with E-state index in [-0.39, 0.29) is 0 Å². The summed E-state index contributed by atoms with van der Waals surface area (Å²) in [6.07, 6.45) is 8.65. The van der Waals surface area contributed by atoms with Gasteiger partial charge in [0.2, 0.25) is 0 Å². The standard InChI is InChI=1S/C12H25NSi/c1-5-6-7-8-9-13-10-12(2)11-14(13,3)4/h8-9,12H,5-7,10-11H2,1-4H3/b9-8+. The van der Waals surface area contributed by atoms with E-state index < -0.39 is 8.24 Å². The molecule has 0 bridgehead atoms. The molecule has 1 nitrogen and oxygen atoms in total. The van der Waals surface area contributed by atoms with Gasteiger partial charge in [0.25, 0.3) is 0 Å². The average molecular weight is 211 g/mol. The molecule has 1 heterocycles. The highest BCUT2D eigenvalue weighted by atomic mass is 28.3. The average Bonchev–Trinajstić information content (AvgIpc) is 2.33. The lowest BCUT2D eigenvalue weighted by atomic mass is 10.2. The maximum atomic E-state index is 2.65. The van der Waals surface area contributed by atoms with Crippen molar-refractivity contribution in [1.82, 2.24) is 4.57 Å². The van der Waals surface area contributed by atoms with Gasteiger partial charge in [-0.1, -0.05) is 45.9 Å². The molecule has 1 aliphatic heterocycles. The molecule has 0 aromatic carbocycles. The van der Waals surface area contributed by atoms with Gasteiger partial charge in [0.05, 0.1) is 0 Å². The van der Waals surface area contributed by atoms with E-state index in [1.54, 1.807) is 0 Å². The highest BCUT2D eigenvalue weighted by Crippen LogP contribution is 2.30. The second kappa shape index (κ2) is 5.01. The third-order valence-electron chi connectivity index (χ3n) is 3.14. The van der Waals surface area contributed by atoms with E-state index in [2.05, 4.69) is 43.8 Å². The highest BCUT2D eigenvalue weighted by molar-refractivity contribution is 6.75. The van der Waals surface area contributed by atoms with Crippen LogP contribution in [0.5, 0.6) is 0 Å². The SMILES string of the molecule is CCCC/C=C/N1CC(C)C[Si]1(C)C. The van der Waals surface area contributed by atoms with Gasteiger partial charge in [-0.25, -0.2) is 0 Å². The zero-order valence-electron chi connectivity index (χ0n) is 10.2. The molecule has 0 radical (unpaired) electrons. The van der Waals surface area contributed by atoms with Crippen LogP contribution in [-0.4, -0.2) is 19.3 Å². The van der Waals surface area contributed by atoms with Gasteiger partial charge >= 0.3 is 0 Å². The van der Waals surface area contributed by atoms with E-state index in [1.165, 1.54) is 31.9 Å². The van der Waals surface area contributed by atoms with Gasteiger partial charge in [-0.05, 0) is 24.6 Å². The van der Waals surface area contributed by atoms with E-state index in [0.717, 1.165) is 5.92 Å². The first-order valence-electron chi connectivity index (χ1n) is 5.99. The Morgan fingerprint density at radius 3 is 2.64 bits per heavy atom. The first-order chi connectivity index (χ1) is 6.56. The molecule has 82 valence electrons. The summed E-state index contributed by atoms with van der Waals surface area (Å²) in [6, 6.07) is 1.46. The van der Waals surface area contributed by atoms with E-state index >= 15 is 0 Å². The third kappa shape index (κ3) is 3.16. The van der Waals surface area contributed by atoms with Crippen molar-refractivity contribution >= 4 is 8.24 Å². The summed E-state index contributed by atoms with van der Waals surface area (Å²) in [7, 11) is -1.05. The minimum Gasteiger partial charge on any atom is -0.403 e. The summed E-state index contributed by atoms with van der Waals surface area (Å²) in [5.74, 6) is 0.910. The van der Waals surface area contributed by atoms with Crippen molar-refractivity contribution in [2.24, 2.45) is 5.92 Å².